The van der Waals surface area contributed by atoms with Crippen LogP contribution in [0.1, 0.15) is 24.1 Å². The molecule has 3 heterocycles. The van der Waals surface area contributed by atoms with E-state index in [1.54, 1.807) is 28.1 Å². The summed E-state index contributed by atoms with van der Waals surface area (Å²) < 4.78 is 0.857. The maximum absolute atomic E-state index is 12.8. The highest BCUT2D eigenvalue weighted by Crippen LogP contribution is 2.34. The summed E-state index contributed by atoms with van der Waals surface area (Å²) in [5.41, 5.74) is 2.25. The Morgan fingerprint density at radius 1 is 1.21 bits per heavy atom. The molecule has 0 radical (unpaired) electrons. The Morgan fingerprint density at radius 2 is 1.88 bits per heavy atom. The van der Waals surface area contributed by atoms with Crippen molar-refractivity contribution in [3.63, 3.8) is 0 Å². The van der Waals surface area contributed by atoms with Gasteiger partial charge in [0, 0.05) is 31.7 Å². The lowest BCUT2D eigenvalue weighted by molar-refractivity contribution is -0.139. The van der Waals surface area contributed by atoms with E-state index in [4.69, 9.17) is 0 Å². The minimum atomic E-state index is -1.15. The van der Waals surface area contributed by atoms with Crippen LogP contribution in [0.3, 0.4) is 0 Å². The van der Waals surface area contributed by atoms with Crippen LogP contribution in [-0.2, 0) is 22.4 Å². The van der Waals surface area contributed by atoms with Crippen LogP contribution in [0.2, 0.25) is 0 Å². The number of carboxylic acid groups (broad SMARTS) is 1. The van der Waals surface area contributed by atoms with Crippen LogP contribution in [0.5, 0.6) is 5.75 Å². The van der Waals surface area contributed by atoms with Gasteiger partial charge in [0.1, 0.15) is 11.8 Å². The predicted molar refractivity (Wildman–Crippen MR) is 127 cm³/mol. The SMILES string of the molecule is O=C(O)[C@@H](Cc1cc(Br)c(O)c(Br)c1)NC(=O)N1CCC(N2C(=O)Cc3ncccc32)CC1. The van der Waals surface area contributed by atoms with E-state index < -0.39 is 18.0 Å². The van der Waals surface area contributed by atoms with E-state index in [0.717, 1.165) is 11.4 Å². The molecule has 2 aromatic rings. The van der Waals surface area contributed by atoms with Crippen molar-refractivity contribution >= 4 is 55.5 Å². The highest BCUT2D eigenvalue weighted by Gasteiger charge is 2.36. The lowest BCUT2D eigenvalue weighted by Crippen LogP contribution is -2.53. The summed E-state index contributed by atoms with van der Waals surface area (Å²) in [6, 6.07) is 5.34. The third-order valence-corrected chi connectivity index (χ3v) is 7.15. The summed E-state index contributed by atoms with van der Waals surface area (Å²) in [4.78, 5) is 44.7. The summed E-state index contributed by atoms with van der Waals surface area (Å²) in [7, 11) is 0. The normalized spacial score (nSPS) is 17.1. The number of amides is 3. The largest absolute Gasteiger partial charge is 0.506 e. The number of carbonyl (C=O) groups excluding carboxylic acids is 2. The fourth-order valence-corrected chi connectivity index (χ4v) is 5.57. The maximum atomic E-state index is 12.8. The van der Waals surface area contributed by atoms with Crippen molar-refractivity contribution in [2.24, 2.45) is 0 Å². The number of anilines is 1. The Hall–Kier alpha value is -2.66. The topological polar surface area (TPSA) is 123 Å². The molecule has 33 heavy (non-hydrogen) atoms. The van der Waals surface area contributed by atoms with Gasteiger partial charge in [0.15, 0.2) is 0 Å². The Labute approximate surface area is 207 Å². The van der Waals surface area contributed by atoms with Gasteiger partial charge in [-0.3, -0.25) is 9.78 Å². The Morgan fingerprint density at radius 3 is 2.52 bits per heavy atom. The average Bonchev–Trinajstić information content (AvgIpc) is 3.12. The van der Waals surface area contributed by atoms with Crippen LogP contribution < -0.4 is 10.2 Å². The van der Waals surface area contributed by atoms with Crippen molar-refractivity contribution in [3.05, 3.63) is 50.7 Å². The fourth-order valence-electron chi connectivity index (χ4n) is 4.29. The van der Waals surface area contributed by atoms with E-state index in [1.807, 2.05) is 12.1 Å². The molecular formula is C22H22Br2N4O5. The molecule has 1 saturated heterocycles. The molecule has 0 bridgehead atoms. The molecule has 3 amide bonds. The van der Waals surface area contributed by atoms with Crippen molar-refractivity contribution in [1.29, 1.82) is 0 Å². The van der Waals surface area contributed by atoms with Gasteiger partial charge in [-0.25, -0.2) is 9.59 Å². The van der Waals surface area contributed by atoms with Crippen LogP contribution in [-0.4, -0.2) is 63.2 Å². The third kappa shape index (κ3) is 4.98. The second-order valence-corrected chi connectivity index (χ2v) is 9.79. The maximum Gasteiger partial charge on any atom is 0.326 e. The molecule has 2 aliphatic heterocycles. The van der Waals surface area contributed by atoms with Gasteiger partial charge in [-0.15, -0.1) is 0 Å². The molecular weight excluding hydrogens is 560 g/mol. The highest BCUT2D eigenvalue weighted by molar-refractivity contribution is 9.11. The molecule has 1 aromatic heterocycles. The average molecular weight is 582 g/mol. The molecule has 174 valence electrons. The minimum Gasteiger partial charge on any atom is -0.506 e. The number of urea groups is 1. The molecule has 0 saturated carbocycles. The number of likely N-dealkylation sites (tertiary alicyclic amines) is 1. The van der Waals surface area contributed by atoms with E-state index in [9.17, 15) is 24.6 Å². The molecule has 1 aromatic carbocycles. The number of phenolic OH excluding ortho intramolecular Hbond substituents is 1. The lowest BCUT2D eigenvalue weighted by atomic mass is 10.0. The molecule has 0 spiro atoms. The number of pyridine rings is 1. The number of aromatic hydroxyl groups is 1. The van der Waals surface area contributed by atoms with Gasteiger partial charge in [-0.1, -0.05) is 0 Å². The number of phenols is 1. The van der Waals surface area contributed by atoms with Crippen molar-refractivity contribution in [2.45, 2.75) is 37.8 Å². The Balaban J connectivity index is 1.37. The van der Waals surface area contributed by atoms with Crippen molar-refractivity contribution in [1.82, 2.24) is 15.2 Å². The minimum absolute atomic E-state index is 0.0174. The number of piperidine rings is 1. The number of hydrogen-bond donors (Lipinski definition) is 3. The van der Waals surface area contributed by atoms with Gasteiger partial charge < -0.3 is 25.3 Å². The van der Waals surface area contributed by atoms with Crippen LogP contribution >= 0.6 is 31.9 Å². The number of nitrogens with one attached hydrogen (secondary N) is 1. The zero-order valence-corrected chi connectivity index (χ0v) is 20.7. The monoisotopic (exact) mass is 580 g/mol. The molecule has 2 aliphatic rings. The van der Waals surface area contributed by atoms with Gasteiger partial charge >= 0.3 is 12.0 Å². The number of carbonyl (C=O) groups is 3. The molecule has 3 N–H and O–H groups in total. The number of aromatic nitrogens is 1. The number of benzene rings is 1. The van der Waals surface area contributed by atoms with Crippen LogP contribution in [0.25, 0.3) is 0 Å². The number of carboxylic acids is 1. The first-order valence-corrected chi connectivity index (χ1v) is 12.0. The second kappa shape index (κ2) is 9.68. The van der Waals surface area contributed by atoms with Crippen LogP contribution in [0.15, 0.2) is 39.4 Å². The summed E-state index contributed by atoms with van der Waals surface area (Å²) in [5.74, 6) is -1.11. The number of halogens is 2. The zero-order valence-electron chi connectivity index (χ0n) is 17.5. The molecule has 11 heteroatoms. The number of aliphatic carboxylic acids is 1. The van der Waals surface area contributed by atoms with E-state index in [1.165, 1.54) is 0 Å². The smallest absolute Gasteiger partial charge is 0.326 e. The summed E-state index contributed by atoms with van der Waals surface area (Å²) in [5, 5.41) is 22.1. The molecule has 1 atom stereocenters. The van der Waals surface area contributed by atoms with Crippen LogP contribution in [0.4, 0.5) is 10.5 Å². The van der Waals surface area contributed by atoms with Gasteiger partial charge in [-0.05, 0) is 74.5 Å². The molecule has 0 unspecified atom stereocenters. The number of nitrogens with zero attached hydrogens (tertiary/aromatic N) is 3. The van der Waals surface area contributed by atoms with E-state index in [-0.39, 0.29) is 24.1 Å². The molecule has 9 nitrogen and oxygen atoms in total. The molecule has 1 fully saturated rings. The van der Waals surface area contributed by atoms with Gasteiger partial charge in [0.25, 0.3) is 0 Å². The van der Waals surface area contributed by atoms with E-state index >= 15 is 0 Å². The van der Waals surface area contributed by atoms with Crippen molar-refractivity contribution < 1.29 is 24.6 Å². The molecule has 0 aliphatic carbocycles. The zero-order chi connectivity index (χ0) is 23.7. The highest BCUT2D eigenvalue weighted by atomic mass is 79.9. The predicted octanol–water partition coefficient (Wildman–Crippen LogP) is 3.07. The van der Waals surface area contributed by atoms with Gasteiger partial charge in [0.2, 0.25) is 5.91 Å². The standard InChI is InChI=1S/C22H22Br2N4O5/c23-14-8-12(9-15(24)20(14)30)10-17(21(31)32)26-22(33)27-6-3-13(4-7-27)28-18-2-1-5-25-16(18)11-19(28)29/h1-2,5,8-9,13,17,30H,3-4,6-7,10-11H2,(H,26,33)(H,31,32)/t17-/m1/s1. The number of fused-ring (bicyclic) bond motifs is 1. The summed E-state index contributed by atoms with van der Waals surface area (Å²) >= 11 is 6.46. The van der Waals surface area contributed by atoms with Gasteiger partial charge in [-0.2, -0.15) is 0 Å². The van der Waals surface area contributed by atoms with Crippen molar-refractivity contribution in [3.8, 4) is 5.75 Å². The Kier molecular flexibility index (Phi) is 6.89. The van der Waals surface area contributed by atoms with E-state index in [2.05, 4.69) is 42.2 Å². The lowest BCUT2D eigenvalue weighted by Gasteiger charge is -2.37. The number of hydrogen-bond acceptors (Lipinski definition) is 5. The summed E-state index contributed by atoms with van der Waals surface area (Å²) in [6.45, 7) is 0.830. The van der Waals surface area contributed by atoms with Crippen LogP contribution in [0, 0.1) is 0 Å². The summed E-state index contributed by atoms with van der Waals surface area (Å²) in [6.07, 6.45) is 3.23. The van der Waals surface area contributed by atoms with Crippen molar-refractivity contribution in [2.75, 3.05) is 18.0 Å². The third-order valence-electron chi connectivity index (χ3n) is 5.94. The Bertz CT molecular complexity index is 1080. The first-order chi connectivity index (χ1) is 15.7. The fraction of sp³-hybridized carbons (Fsp3) is 0.364. The molecule has 4 rings (SSSR count). The van der Waals surface area contributed by atoms with E-state index in [0.29, 0.717) is 46.9 Å². The first-order valence-electron chi connectivity index (χ1n) is 10.5. The second-order valence-electron chi connectivity index (χ2n) is 8.08. The first kappa shape index (κ1) is 23.5. The number of rotatable bonds is 5. The van der Waals surface area contributed by atoms with Gasteiger partial charge in [0.05, 0.1) is 26.7 Å². The quantitative estimate of drug-likeness (QED) is 0.499.